The highest BCUT2D eigenvalue weighted by molar-refractivity contribution is 5.73. The van der Waals surface area contributed by atoms with E-state index in [4.69, 9.17) is 9.47 Å². The Bertz CT molecular complexity index is 819. The Kier molecular flexibility index (Phi) is 4.89. The van der Waals surface area contributed by atoms with Crippen molar-refractivity contribution in [2.24, 2.45) is 0 Å². The van der Waals surface area contributed by atoms with Gasteiger partial charge in [0.1, 0.15) is 0 Å². The molecule has 0 saturated heterocycles. The van der Waals surface area contributed by atoms with Crippen molar-refractivity contribution in [1.82, 2.24) is 24.9 Å². The van der Waals surface area contributed by atoms with Crippen molar-refractivity contribution >= 4 is 6.03 Å². The lowest BCUT2D eigenvalue weighted by Gasteiger charge is -2.34. The normalized spacial score (nSPS) is 18.2. The van der Waals surface area contributed by atoms with Gasteiger partial charge in [-0.3, -0.25) is 9.58 Å². The monoisotopic (exact) mass is 371 g/mol. The summed E-state index contributed by atoms with van der Waals surface area (Å²) in [5, 5.41) is 7.43. The van der Waals surface area contributed by atoms with E-state index in [1.807, 2.05) is 12.3 Å². The van der Waals surface area contributed by atoms with Crippen molar-refractivity contribution in [3.63, 3.8) is 0 Å². The van der Waals surface area contributed by atoms with Crippen LogP contribution in [0, 0.1) is 0 Å². The quantitative estimate of drug-likeness (QED) is 0.868. The van der Waals surface area contributed by atoms with Gasteiger partial charge in [0.05, 0.1) is 11.7 Å². The maximum atomic E-state index is 11.7. The Hall–Kier alpha value is -2.74. The number of nitrogens with one attached hydrogen (secondary N) is 1. The number of urea groups is 1. The molecule has 0 fully saturated rings. The van der Waals surface area contributed by atoms with E-state index in [2.05, 4.69) is 38.2 Å². The zero-order chi connectivity index (χ0) is 18.8. The predicted molar refractivity (Wildman–Crippen MR) is 99.6 cm³/mol. The first-order chi connectivity index (χ1) is 13.1. The number of hydrogen-bond acceptors (Lipinski definition) is 5. The molecule has 1 atom stereocenters. The molecule has 1 aromatic heterocycles. The van der Waals surface area contributed by atoms with Crippen molar-refractivity contribution < 1.29 is 14.3 Å². The van der Waals surface area contributed by atoms with Crippen LogP contribution in [0.2, 0.25) is 0 Å². The molecule has 144 valence electrons. The average molecular weight is 371 g/mol. The van der Waals surface area contributed by atoms with Crippen LogP contribution in [0.15, 0.2) is 30.5 Å². The highest BCUT2D eigenvalue weighted by Crippen LogP contribution is 2.33. The van der Waals surface area contributed by atoms with Gasteiger partial charge in [-0.15, -0.1) is 0 Å². The van der Waals surface area contributed by atoms with Crippen molar-refractivity contribution in [3.05, 3.63) is 41.7 Å². The molecule has 0 spiro atoms. The maximum absolute atomic E-state index is 11.7. The molecule has 2 aliphatic rings. The molecule has 8 heteroatoms. The molecule has 27 heavy (non-hydrogen) atoms. The SMILES string of the molecule is CN(C)C(=O)NCC[C@@H]1CN(Cc2ccc3c(c2)OCO3)Cc2ccnn21. The van der Waals surface area contributed by atoms with E-state index in [1.54, 1.807) is 19.0 Å². The van der Waals surface area contributed by atoms with E-state index in [1.165, 1.54) is 11.3 Å². The highest BCUT2D eigenvalue weighted by atomic mass is 16.7. The largest absolute Gasteiger partial charge is 0.454 e. The molecule has 0 saturated carbocycles. The minimum absolute atomic E-state index is 0.0660. The lowest BCUT2D eigenvalue weighted by Crippen LogP contribution is -2.40. The lowest BCUT2D eigenvalue weighted by molar-refractivity contribution is 0.160. The minimum Gasteiger partial charge on any atom is -0.454 e. The van der Waals surface area contributed by atoms with Gasteiger partial charge in [-0.1, -0.05) is 6.07 Å². The summed E-state index contributed by atoms with van der Waals surface area (Å²) in [4.78, 5) is 15.7. The Labute approximate surface area is 158 Å². The van der Waals surface area contributed by atoms with Crippen molar-refractivity contribution in [2.75, 3.05) is 34.0 Å². The van der Waals surface area contributed by atoms with E-state index in [9.17, 15) is 4.79 Å². The van der Waals surface area contributed by atoms with E-state index in [-0.39, 0.29) is 12.1 Å². The molecule has 0 unspecified atom stereocenters. The molecule has 0 bridgehead atoms. The lowest BCUT2D eigenvalue weighted by atomic mass is 10.1. The van der Waals surface area contributed by atoms with Crippen LogP contribution < -0.4 is 14.8 Å². The number of aromatic nitrogens is 2. The molecule has 3 heterocycles. The highest BCUT2D eigenvalue weighted by Gasteiger charge is 2.26. The molecule has 0 aliphatic carbocycles. The standard InChI is InChI=1S/C19H25N5O3/c1-22(2)19(25)20-7-5-15-11-23(12-16-6-8-21-24(15)16)10-14-3-4-17-18(9-14)27-13-26-17/h3-4,6,8-9,15H,5,7,10-13H2,1-2H3,(H,20,25)/t15-/m1/s1. The van der Waals surface area contributed by atoms with Gasteiger partial charge in [0.2, 0.25) is 6.79 Å². The first-order valence-electron chi connectivity index (χ1n) is 9.18. The van der Waals surface area contributed by atoms with Gasteiger partial charge in [0.25, 0.3) is 0 Å². The molecular weight excluding hydrogens is 346 g/mol. The van der Waals surface area contributed by atoms with E-state index in [0.29, 0.717) is 13.3 Å². The summed E-state index contributed by atoms with van der Waals surface area (Å²) in [6.07, 6.45) is 2.69. The van der Waals surface area contributed by atoms with Gasteiger partial charge in [0.15, 0.2) is 11.5 Å². The predicted octanol–water partition coefficient (Wildman–Crippen LogP) is 1.83. The van der Waals surface area contributed by atoms with Crippen molar-refractivity contribution in [1.29, 1.82) is 0 Å². The smallest absolute Gasteiger partial charge is 0.316 e. The number of nitrogens with zero attached hydrogens (tertiary/aromatic N) is 4. The number of benzene rings is 1. The number of fused-ring (bicyclic) bond motifs is 2. The van der Waals surface area contributed by atoms with Crippen molar-refractivity contribution in [2.45, 2.75) is 25.6 Å². The number of amides is 2. The topological polar surface area (TPSA) is 71.9 Å². The summed E-state index contributed by atoms with van der Waals surface area (Å²) in [5.74, 6) is 1.63. The van der Waals surface area contributed by atoms with E-state index < -0.39 is 0 Å². The second kappa shape index (κ2) is 7.48. The van der Waals surface area contributed by atoms with Gasteiger partial charge in [0, 0.05) is 46.5 Å². The maximum Gasteiger partial charge on any atom is 0.316 e. The molecule has 2 amide bonds. The zero-order valence-electron chi connectivity index (χ0n) is 15.7. The summed E-state index contributed by atoms with van der Waals surface area (Å²) in [6.45, 7) is 3.50. The van der Waals surface area contributed by atoms with Crippen LogP contribution in [-0.4, -0.2) is 59.6 Å². The number of ether oxygens (including phenoxy) is 2. The molecule has 8 nitrogen and oxygen atoms in total. The average Bonchev–Trinajstić information content (AvgIpc) is 3.29. The fourth-order valence-electron chi connectivity index (χ4n) is 3.60. The van der Waals surface area contributed by atoms with Gasteiger partial charge in [-0.25, -0.2) is 4.79 Å². The number of rotatable bonds is 5. The van der Waals surface area contributed by atoms with Crippen LogP contribution in [-0.2, 0) is 13.1 Å². The van der Waals surface area contributed by atoms with Crippen LogP contribution in [0.5, 0.6) is 11.5 Å². The summed E-state index contributed by atoms with van der Waals surface area (Å²) in [6, 6.07) is 8.35. The van der Waals surface area contributed by atoms with Crippen LogP contribution in [0.25, 0.3) is 0 Å². The molecule has 1 aromatic carbocycles. The Morgan fingerprint density at radius 1 is 1.30 bits per heavy atom. The third-order valence-corrected chi connectivity index (χ3v) is 4.96. The van der Waals surface area contributed by atoms with Gasteiger partial charge in [-0.05, 0) is 30.2 Å². The molecule has 0 radical (unpaired) electrons. The molecule has 1 N–H and O–H groups in total. The third-order valence-electron chi connectivity index (χ3n) is 4.96. The van der Waals surface area contributed by atoms with E-state index >= 15 is 0 Å². The Morgan fingerprint density at radius 3 is 3.00 bits per heavy atom. The molecule has 4 rings (SSSR count). The van der Waals surface area contributed by atoms with Gasteiger partial charge >= 0.3 is 6.03 Å². The fourth-order valence-corrected chi connectivity index (χ4v) is 3.60. The van der Waals surface area contributed by atoms with Crippen molar-refractivity contribution in [3.8, 4) is 11.5 Å². The van der Waals surface area contributed by atoms with E-state index in [0.717, 1.165) is 37.6 Å². The second-order valence-corrected chi connectivity index (χ2v) is 7.19. The van der Waals surface area contributed by atoms with Crippen LogP contribution in [0.4, 0.5) is 4.79 Å². The first-order valence-corrected chi connectivity index (χ1v) is 9.18. The van der Waals surface area contributed by atoms with Crippen LogP contribution >= 0.6 is 0 Å². The number of carbonyl (C=O) groups excluding carboxylic acids is 1. The third kappa shape index (κ3) is 3.85. The summed E-state index contributed by atoms with van der Waals surface area (Å²) < 4.78 is 13.0. The number of hydrogen-bond donors (Lipinski definition) is 1. The fraction of sp³-hybridized carbons (Fsp3) is 0.474. The van der Waals surface area contributed by atoms with Gasteiger partial charge in [-0.2, -0.15) is 5.10 Å². The number of carbonyl (C=O) groups is 1. The minimum atomic E-state index is -0.0660. The Balaban J connectivity index is 1.41. The molecular formula is C19H25N5O3. The molecule has 2 aromatic rings. The first kappa shape index (κ1) is 17.7. The van der Waals surface area contributed by atoms with Crippen LogP contribution in [0.3, 0.4) is 0 Å². The summed E-state index contributed by atoms with van der Waals surface area (Å²) in [7, 11) is 3.49. The second-order valence-electron chi connectivity index (χ2n) is 7.19. The zero-order valence-corrected chi connectivity index (χ0v) is 15.7. The van der Waals surface area contributed by atoms with Gasteiger partial charge < -0.3 is 19.7 Å². The summed E-state index contributed by atoms with van der Waals surface area (Å²) >= 11 is 0. The van der Waals surface area contributed by atoms with Crippen LogP contribution in [0.1, 0.15) is 23.7 Å². The molecule has 2 aliphatic heterocycles. The summed E-state index contributed by atoms with van der Waals surface area (Å²) in [5.41, 5.74) is 2.40. The Morgan fingerprint density at radius 2 is 2.15 bits per heavy atom.